The summed E-state index contributed by atoms with van der Waals surface area (Å²) in [5.74, 6) is 0.215. The molecule has 0 bridgehead atoms. The number of rotatable bonds is 5. The van der Waals surface area contributed by atoms with Gasteiger partial charge in [0.15, 0.2) is 0 Å². The third-order valence-corrected chi connectivity index (χ3v) is 3.70. The Kier molecular flexibility index (Phi) is 4.36. The van der Waals surface area contributed by atoms with Crippen LogP contribution in [0.2, 0.25) is 0 Å². The van der Waals surface area contributed by atoms with Gasteiger partial charge in [0.05, 0.1) is 12.6 Å². The second kappa shape index (κ2) is 6.00. The van der Waals surface area contributed by atoms with Gasteiger partial charge in [0, 0.05) is 31.5 Å². The van der Waals surface area contributed by atoms with Crippen molar-refractivity contribution < 1.29 is 4.79 Å². The Morgan fingerprint density at radius 3 is 2.72 bits per heavy atom. The Balaban J connectivity index is 1.77. The molecule has 1 saturated heterocycles. The monoisotopic (exact) mass is 250 g/mol. The molecule has 18 heavy (non-hydrogen) atoms. The summed E-state index contributed by atoms with van der Waals surface area (Å²) in [7, 11) is 0. The molecule has 0 spiro atoms. The van der Waals surface area contributed by atoms with Crippen molar-refractivity contribution in [2.24, 2.45) is 0 Å². The van der Waals surface area contributed by atoms with E-state index in [1.807, 2.05) is 21.8 Å². The van der Waals surface area contributed by atoms with Gasteiger partial charge in [0.2, 0.25) is 5.91 Å². The molecule has 1 aliphatic rings. The molecule has 1 aromatic rings. The SMILES string of the molecule is C[C@H]([C@@H](C)NCC(=O)N1CCCC1)n1cccn1. The van der Waals surface area contributed by atoms with Crippen molar-refractivity contribution in [2.45, 2.75) is 38.8 Å². The van der Waals surface area contributed by atoms with Crippen molar-refractivity contribution in [3.05, 3.63) is 18.5 Å². The van der Waals surface area contributed by atoms with E-state index in [0.717, 1.165) is 25.9 Å². The molecule has 1 fully saturated rings. The third kappa shape index (κ3) is 3.10. The summed E-state index contributed by atoms with van der Waals surface area (Å²) in [6, 6.07) is 2.38. The van der Waals surface area contributed by atoms with E-state index in [9.17, 15) is 4.79 Å². The second-order valence-electron chi connectivity index (χ2n) is 4.98. The number of likely N-dealkylation sites (tertiary alicyclic amines) is 1. The summed E-state index contributed by atoms with van der Waals surface area (Å²) in [4.78, 5) is 13.8. The zero-order valence-electron chi connectivity index (χ0n) is 11.2. The van der Waals surface area contributed by atoms with Crippen LogP contribution >= 0.6 is 0 Å². The number of nitrogens with zero attached hydrogens (tertiary/aromatic N) is 3. The molecule has 1 N–H and O–H groups in total. The van der Waals surface area contributed by atoms with E-state index in [0.29, 0.717) is 6.54 Å². The molecule has 0 saturated carbocycles. The van der Waals surface area contributed by atoms with Gasteiger partial charge < -0.3 is 10.2 Å². The number of carbonyl (C=O) groups excluding carboxylic acids is 1. The van der Waals surface area contributed by atoms with Crippen LogP contribution in [0.5, 0.6) is 0 Å². The minimum Gasteiger partial charge on any atom is -0.342 e. The van der Waals surface area contributed by atoms with Gasteiger partial charge in [-0.3, -0.25) is 9.48 Å². The molecule has 0 aromatic carbocycles. The van der Waals surface area contributed by atoms with Gasteiger partial charge in [0.25, 0.3) is 0 Å². The molecule has 100 valence electrons. The van der Waals surface area contributed by atoms with Crippen LogP contribution in [0.25, 0.3) is 0 Å². The van der Waals surface area contributed by atoms with E-state index in [4.69, 9.17) is 0 Å². The highest BCUT2D eigenvalue weighted by Crippen LogP contribution is 2.10. The highest BCUT2D eigenvalue weighted by molar-refractivity contribution is 5.78. The lowest BCUT2D eigenvalue weighted by atomic mass is 10.2. The first-order valence-corrected chi connectivity index (χ1v) is 6.69. The third-order valence-electron chi connectivity index (χ3n) is 3.70. The van der Waals surface area contributed by atoms with Crippen LogP contribution in [0.3, 0.4) is 0 Å². The Morgan fingerprint density at radius 1 is 1.39 bits per heavy atom. The Bertz CT molecular complexity index is 370. The number of hydrogen-bond donors (Lipinski definition) is 1. The molecule has 1 aliphatic heterocycles. The zero-order valence-corrected chi connectivity index (χ0v) is 11.2. The molecule has 1 aromatic heterocycles. The molecule has 5 nitrogen and oxygen atoms in total. The van der Waals surface area contributed by atoms with Crippen LogP contribution in [-0.2, 0) is 4.79 Å². The minimum atomic E-state index is 0.215. The van der Waals surface area contributed by atoms with Crippen LogP contribution in [-0.4, -0.2) is 46.3 Å². The van der Waals surface area contributed by atoms with Crippen LogP contribution in [0, 0.1) is 0 Å². The maximum Gasteiger partial charge on any atom is 0.236 e. The molecular formula is C13H22N4O. The van der Waals surface area contributed by atoms with Crippen LogP contribution < -0.4 is 5.32 Å². The van der Waals surface area contributed by atoms with Gasteiger partial charge in [-0.25, -0.2) is 0 Å². The zero-order chi connectivity index (χ0) is 13.0. The molecule has 0 aliphatic carbocycles. The summed E-state index contributed by atoms with van der Waals surface area (Å²) in [5, 5.41) is 7.52. The summed E-state index contributed by atoms with van der Waals surface area (Å²) in [5.41, 5.74) is 0. The molecule has 5 heteroatoms. The fourth-order valence-electron chi connectivity index (χ4n) is 2.25. The van der Waals surface area contributed by atoms with Gasteiger partial charge in [-0.1, -0.05) is 0 Å². The largest absolute Gasteiger partial charge is 0.342 e. The molecule has 2 rings (SSSR count). The van der Waals surface area contributed by atoms with Gasteiger partial charge >= 0.3 is 0 Å². The Labute approximate surface area is 108 Å². The summed E-state index contributed by atoms with van der Waals surface area (Å²) >= 11 is 0. The lowest BCUT2D eigenvalue weighted by Gasteiger charge is -2.23. The smallest absolute Gasteiger partial charge is 0.236 e. The van der Waals surface area contributed by atoms with Crippen LogP contribution in [0.4, 0.5) is 0 Å². The first-order chi connectivity index (χ1) is 8.68. The average Bonchev–Trinajstić information content (AvgIpc) is 3.05. The lowest BCUT2D eigenvalue weighted by molar-refractivity contribution is -0.129. The van der Waals surface area contributed by atoms with Crippen molar-refractivity contribution in [3.8, 4) is 0 Å². The van der Waals surface area contributed by atoms with Crippen molar-refractivity contribution in [1.82, 2.24) is 20.0 Å². The highest BCUT2D eigenvalue weighted by Gasteiger charge is 2.20. The van der Waals surface area contributed by atoms with E-state index >= 15 is 0 Å². The fourth-order valence-corrected chi connectivity index (χ4v) is 2.25. The van der Waals surface area contributed by atoms with Crippen molar-refractivity contribution in [2.75, 3.05) is 19.6 Å². The predicted octanol–water partition coefficient (Wildman–Crippen LogP) is 1.04. The first-order valence-electron chi connectivity index (χ1n) is 6.69. The summed E-state index contributed by atoms with van der Waals surface area (Å²) in [6.07, 6.45) is 6.01. The number of amides is 1. The summed E-state index contributed by atoms with van der Waals surface area (Å²) < 4.78 is 1.91. The maximum absolute atomic E-state index is 11.9. The van der Waals surface area contributed by atoms with E-state index in [1.165, 1.54) is 0 Å². The van der Waals surface area contributed by atoms with E-state index in [2.05, 4.69) is 24.3 Å². The summed E-state index contributed by atoms with van der Waals surface area (Å²) in [6.45, 7) is 6.45. The highest BCUT2D eigenvalue weighted by atomic mass is 16.2. The topological polar surface area (TPSA) is 50.2 Å². The Morgan fingerprint density at radius 2 is 2.11 bits per heavy atom. The number of nitrogens with one attached hydrogen (secondary N) is 1. The number of carbonyl (C=O) groups is 1. The lowest BCUT2D eigenvalue weighted by Crippen LogP contribution is -2.42. The van der Waals surface area contributed by atoms with Gasteiger partial charge in [0.1, 0.15) is 0 Å². The average molecular weight is 250 g/mol. The molecule has 2 heterocycles. The molecular weight excluding hydrogens is 228 g/mol. The van der Waals surface area contributed by atoms with Crippen LogP contribution in [0.15, 0.2) is 18.5 Å². The van der Waals surface area contributed by atoms with E-state index in [1.54, 1.807) is 6.20 Å². The van der Waals surface area contributed by atoms with Crippen LogP contribution in [0.1, 0.15) is 32.7 Å². The molecule has 0 unspecified atom stereocenters. The van der Waals surface area contributed by atoms with Gasteiger partial charge in [-0.15, -0.1) is 0 Å². The van der Waals surface area contributed by atoms with Crippen molar-refractivity contribution in [1.29, 1.82) is 0 Å². The molecule has 2 atom stereocenters. The van der Waals surface area contributed by atoms with Gasteiger partial charge in [-0.05, 0) is 32.8 Å². The normalized spacial score (nSPS) is 18.9. The van der Waals surface area contributed by atoms with E-state index < -0.39 is 0 Å². The standard InChI is InChI=1S/C13H22N4O/c1-11(12(2)17-9-5-6-15-17)14-10-13(18)16-7-3-4-8-16/h5-6,9,11-12,14H,3-4,7-8,10H2,1-2H3/t11-,12-/m1/s1. The van der Waals surface area contributed by atoms with Crippen molar-refractivity contribution in [3.63, 3.8) is 0 Å². The molecule has 0 radical (unpaired) electrons. The maximum atomic E-state index is 11.9. The fraction of sp³-hybridized carbons (Fsp3) is 0.692. The molecule has 1 amide bonds. The Hall–Kier alpha value is -1.36. The van der Waals surface area contributed by atoms with Crippen molar-refractivity contribution >= 4 is 5.91 Å². The number of aromatic nitrogens is 2. The minimum absolute atomic E-state index is 0.215. The second-order valence-corrected chi connectivity index (χ2v) is 4.98. The number of hydrogen-bond acceptors (Lipinski definition) is 3. The quantitative estimate of drug-likeness (QED) is 0.849. The van der Waals surface area contributed by atoms with E-state index in [-0.39, 0.29) is 18.0 Å². The first kappa shape index (κ1) is 13.1. The van der Waals surface area contributed by atoms with Gasteiger partial charge in [-0.2, -0.15) is 5.10 Å². The predicted molar refractivity (Wildman–Crippen MR) is 70.2 cm³/mol.